The van der Waals surface area contributed by atoms with Gasteiger partial charge in [-0.25, -0.2) is 4.98 Å². The SMILES string of the molecule is CC.CCC(C#N)CO.CCCCC(c1ccccc1)c1scnc1C. The Hall–Kier alpha value is -1.70. The van der Waals surface area contributed by atoms with Crippen LogP contribution in [-0.2, 0) is 0 Å². The summed E-state index contributed by atoms with van der Waals surface area (Å²) in [6.07, 6.45) is 4.49. The van der Waals surface area contributed by atoms with Crippen LogP contribution in [0.3, 0.4) is 0 Å². The minimum Gasteiger partial charge on any atom is -0.395 e. The van der Waals surface area contributed by atoms with Crippen molar-refractivity contribution in [2.75, 3.05) is 6.61 Å². The number of benzene rings is 1. The van der Waals surface area contributed by atoms with E-state index in [2.05, 4.69) is 49.2 Å². The van der Waals surface area contributed by atoms with Crippen molar-refractivity contribution >= 4 is 11.3 Å². The lowest BCUT2D eigenvalue weighted by Crippen LogP contribution is -2.00. The first-order valence-electron chi connectivity index (χ1n) is 9.63. The third kappa shape index (κ3) is 8.60. The zero-order valence-electron chi connectivity index (χ0n) is 16.9. The molecule has 1 aromatic carbocycles. The van der Waals surface area contributed by atoms with Gasteiger partial charge in [0, 0.05) is 10.8 Å². The molecule has 0 aliphatic carbocycles. The third-order valence-electron chi connectivity index (χ3n) is 4.04. The molecular formula is C22H34N2OS. The van der Waals surface area contributed by atoms with Crippen molar-refractivity contribution in [3.8, 4) is 6.07 Å². The van der Waals surface area contributed by atoms with E-state index in [9.17, 15) is 0 Å². The highest BCUT2D eigenvalue weighted by atomic mass is 32.1. The summed E-state index contributed by atoms with van der Waals surface area (Å²) in [5.41, 5.74) is 4.58. The molecule has 1 N–H and O–H groups in total. The first-order chi connectivity index (χ1) is 12.7. The standard InChI is InChI=1S/C15H19NS.C5H9NO.C2H6/c1-3-4-10-14(13-8-6-5-7-9-13)15-12(2)16-11-17-15;1-2-5(3-6)4-7;1-2/h5-9,11,14H,3-4,10H2,1-2H3;5,7H,2,4H2,1H3;1-2H3. The first-order valence-corrected chi connectivity index (χ1v) is 10.5. The van der Waals surface area contributed by atoms with Crippen LogP contribution in [-0.4, -0.2) is 16.7 Å². The second-order valence-electron chi connectivity index (χ2n) is 5.82. The number of rotatable bonds is 7. The number of nitrogens with zero attached hydrogens (tertiary/aromatic N) is 2. The summed E-state index contributed by atoms with van der Waals surface area (Å²) in [5, 5.41) is 16.4. The van der Waals surface area contributed by atoms with Gasteiger partial charge in [-0.3, -0.25) is 0 Å². The van der Waals surface area contributed by atoms with E-state index in [1.165, 1.54) is 35.4 Å². The molecule has 0 saturated carbocycles. The maximum atomic E-state index is 8.30. The van der Waals surface area contributed by atoms with Gasteiger partial charge in [-0.1, -0.05) is 70.9 Å². The van der Waals surface area contributed by atoms with Crippen molar-refractivity contribution in [1.82, 2.24) is 4.98 Å². The van der Waals surface area contributed by atoms with Crippen molar-refractivity contribution < 1.29 is 5.11 Å². The second-order valence-corrected chi connectivity index (χ2v) is 6.71. The van der Waals surface area contributed by atoms with Crippen molar-refractivity contribution in [2.24, 2.45) is 5.92 Å². The number of aliphatic hydroxyl groups is 1. The van der Waals surface area contributed by atoms with Gasteiger partial charge in [-0.05, 0) is 25.3 Å². The van der Waals surface area contributed by atoms with Crippen LogP contribution in [0.2, 0.25) is 0 Å². The highest BCUT2D eigenvalue weighted by molar-refractivity contribution is 7.09. The predicted molar refractivity (Wildman–Crippen MR) is 112 cm³/mol. The molecule has 1 heterocycles. The monoisotopic (exact) mass is 374 g/mol. The van der Waals surface area contributed by atoms with Crippen LogP contribution in [0.5, 0.6) is 0 Å². The quantitative estimate of drug-likeness (QED) is 0.616. The van der Waals surface area contributed by atoms with Crippen LogP contribution >= 0.6 is 11.3 Å². The number of hydrogen-bond acceptors (Lipinski definition) is 4. The summed E-state index contributed by atoms with van der Waals surface area (Å²) < 4.78 is 0. The first kappa shape index (κ1) is 24.3. The summed E-state index contributed by atoms with van der Waals surface area (Å²) in [7, 11) is 0. The van der Waals surface area contributed by atoms with E-state index in [0.717, 1.165) is 6.42 Å². The van der Waals surface area contributed by atoms with Crippen molar-refractivity contribution in [3.63, 3.8) is 0 Å². The van der Waals surface area contributed by atoms with Crippen LogP contribution in [0.1, 0.15) is 75.4 Å². The Balaban J connectivity index is 0.000000589. The Morgan fingerprint density at radius 1 is 1.19 bits per heavy atom. The smallest absolute Gasteiger partial charge is 0.0797 e. The molecule has 2 unspecified atom stereocenters. The average molecular weight is 375 g/mol. The van der Waals surface area contributed by atoms with Crippen LogP contribution < -0.4 is 0 Å². The molecule has 0 bridgehead atoms. The molecule has 0 spiro atoms. The molecule has 2 rings (SSSR count). The Morgan fingerprint density at radius 2 is 1.85 bits per heavy atom. The maximum absolute atomic E-state index is 8.30. The molecule has 2 aromatic rings. The largest absolute Gasteiger partial charge is 0.395 e. The fourth-order valence-corrected chi connectivity index (χ4v) is 3.42. The number of aryl methyl sites for hydroxylation is 1. The molecule has 26 heavy (non-hydrogen) atoms. The molecule has 4 heteroatoms. The van der Waals surface area contributed by atoms with E-state index < -0.39 is 0 Å². The Bertz CT molecular complexity index is 600. The van der Waals surface area contributed by atoms with Gasteiger partial charge in [0.1, 0.15) is 0 Å². The number of thiazole rings is 1. The topological polar surface area (TPSA) is 56.9 Å². The summed E-state index contributed by atoms with van der Waals surface area (Å²) in [5.74, 6) is 0.378. The second kappa shape index (κ2) is 15.5. The fourth-order valence-electron chi connectivity index (χ4n) is 2.45. The zero-order valence-corrected chi connectivity index (χ0v) is 17.7. The van der Waals surface area contributed by atoms with Gasteiger partial charge in [0.2, 0.25) is 0 Å². The number of unbranched alkanes of at least 4 members (excludes halogenated alkanes) is 1. The molecule has 1 aromatic heterocycles. The van der Waals surface area contributed by atoms with Crippen LogP contribution in [0.4, 0.5) is 0 Å². The molecule has 3 nitrogen and oxygen atoms in total. The summed E-state index contributed by atoms with van der Waals surface area (Å²) in [6.45, 7) is 10.2. The molecule has 0 aliphatic rings. The maximum Gasteiger partial charge on any atom is 0.0797 e. The van der Waals surface area contributed by atoms with Gasteiger partial charge in [-0.2, -0.15) is 5.26 Å². The van der Waals surface area contributed by atoms with Gasteiger partial charge in [0.15, 0.2) is 0 Å². The predicted octanol–water partition coefficient (Wildman–Crippen LogP) is 6.33. The zero-order chi connectivity index (χ0) is 19.8. The van der Waals surface area contributed by atoms with Gasteiger partial charge >= 0.3 is 0 Å². The summed E-state index contributed by atoms with van der Waals surface area (Å²) >= 11 is 1.79. The van der Waals surface area contributed by atoms with Gasteiger partial charge < -0.3 is 5.11 Å². The normalized spacial score (nSPS) is 11.9. The molecule has 0 saturated heterocycles. The Labute approximate surface area is 163 Å². The molecule has 0 amide bonds. The van der Waals surface area contributed by atoms with E-state index in [4.69, 9.17) is 10.4 Å². The third-order valence-corrected chi connectivity index (χ3v) is 5.09. The Morgan fingerprint density at radius 3 is 2.23 bits per heavy atom. The lowest BCUT2D eigenvalue weighted by Gasteiger charge is -2.16. The van der Waals surface area contributed by atoms with Gasteiger partial charge in [-0.15, -0.1) is 11.3 Å². The number of aromatic nitrogens is 1. The Kier molecular flexibility index (Phi) is 14.5. The van der Waals surface area contributed by atoms with Gasteiger partial charge in [0.25, 0.3) is 0 Å². The van der Waals surface area contributed by atoms with Crippen LogP contribution in [0.15, 0.2) is 35.8 Å². The average Bonchev–Trinajstić information content (AvgIpc) is 3.12. The fraction of sp³-hybridized carbons (Fsp3) is 0.545. The van der Waals surface area contributed by atoms with Crippen molar-refractivity contribution in [1.29, 1.82) is 5.26 Å². The van der Waals surface area contributed by atoms with Crippen molar-refractivity contribution in [2.45, 2.75) is 66.2 Å². The minimum absolute atomic E-state index is 0.00694. The minimum atomic E-state index is -0.153. The highest BCUT2D eigenvalue weighted by Gasteiger charge is 2.17. The van der Waals surface area contributed by atoms with Crippen LogP contribution in [0.25, 0.3) is 0 Å². The van der Waals surface area contributed by atoms with E-state index in [-0.39, 0.29) is 12.5 Å². The lowest BCUT2D eigenvalue weighted by atomic mass is 9.91. The number of nitriles is 1. The molecule has 2 atom stereocenters. The van der Waals surface area contributed by atoms with Crippen LogP contribution in [0, 0.1) is 24.2 Å². The molecular weight excluding hydrogens is 340 g/mol. The van der Waals surface area contributed by atoms with Crippen molar-refractivity contribution in [3.05, 3.63) is 52.0 Å². The lowest BCUT2D eigenvalue weighted by molar-refractivity contribution is 0.253. The van der Waals surface area contributed by atoms with E-state index in [1.807, 2.05) is 32.4 Å². The highest BCUT2D eigenvalue weighted by Crippen LogP contribution is 2.33. The molecule has 144 valence electrons. The van der Waals surface area contributed by atoms with Gasteiger partial charge in [0.05, 0.1) is 29.8 Å². The molecule has 0 radical (unpaired) electrons. The van der Waals surface area contributed by atoms with E-state index in [0.29, 0.717) is 5.92 Å². The molecule has 0 fully saturated rings. The summed E-state index contributed by atoms with van der Waals surface area (Å²) in [4.78, 5) is 5.82. The van der Waals surface area contributed by atoms with E-state index in [1.54, 1.807) is 11.3 Å². The number of hydrogen-bond donors (Lipinski definition) is 1. The molecule has 0 aliphatic heterocycles. The number of aliphatic hydroxyl groups excluding tert-OH is 1. The van der Waals surface area contributed by atoms with E-state index >= 15 is 0 Å². The summed E-state index contributed by atoms with van der Waals surface area (Å²) in [6, 6.07) is 12.8.